The van der Waals surface area contributed by atoms with Gasteiger partial charge in [-0.15, -0.1) is 11.3 Å². The molecule has 2 N–H and O–H groups in total. The summed E-state index contributed by atoms with van der Waals surface area (Å²) in [5, 5.41) is 1.14. The third kappa shape index (κ3) is 4.02. The van der Waals surface area contributed by atoms with Gasteiger partial charge in [0.1, 0.15) is 10.9 Å². The highest BCUT2D eigenvalue weighted by atomic mass is 35.5. The number of hydrogen-bond donors (Lipinski definition) is 1. The van der Waals surface area contributed by atoms with E-state index in [1.165, 1.54) is 4.88 Å². The lowest BCUT2D eigenvalue weighted by Crippen LogP contribution is -2.46. The fourth-order valence-electron chi connectivity index (χ4n) is 5.07. The Morgan fingerprint density at radius 2 is 1.93 bits per heavy atom. The average molecular weight is 451 g/mol. The molecule has 2 aliphatic carbocycles. The lowest BCUT2D eigenvalue weighted by molar-refractivity contribution is -0.122. The number of carbonyl (C=O) groups excluding carboxylic acids is 1. The van der Waals surface area contributed by atoms with E-state index in [-0.39, 0.29) is 23.2 Å². The Kier molecular flexibility index (Phi) is 5.84. The quantitative estimate of drug-likeness (QED) is 0.720. The molecule has 3 aliphatic rings. The molecule has 0 unspecified atom stereocenters. The highest BCUT2D eigenvalue weighted by Gasteiger charge is 2.31. The maximum atomic E-state index is 11.8. The molecular weight excluding hydrogens is 424 g/mol. The van der Waals surface area contributed by atoms with Crippen molar-refractivity contribution in [2.45, 2.75) is 57.1 Å². The molecule has 1 saturated heterocycles. The average Bonchev–Trinajstić information content (AvgIpc) is 3.12. The van der Waals surface area contributed by atoms with Crippen LogP contribution in [0, 0.1) is 5.92 Å². The number of primary amides is 1. The van der Waals surface area contributed by atoms with E-state index in [0.717, 1.165) is 80.6 Å². The summed E-state index contributed by atoms with van der Waals surface area (Å²) in [6.45, 7) is 3.73. The number of nitrogens with zero attached hydrogens (tertiary/aromatic N) is 3. The third-order valence-electron chi connectivity index (χ3n) is 6.73. The van der Waals surface area contributed by atoms with Gasteiger partial charge in [0.2, 0.25) is 17.1 Å². The second-order valence-corrected chi connectivity index (χ2v) is 9.94. The maximum Gasteiger partial charge on any atom is 0.227 e. The number of halogens is 1. The number of rotatable bonds is 4. The molecule has 7 nitrogen and oxygen atoms in total. The van der Waals surface area contributed by atoms with Crippen molar-refractivity contribution in [3.05, 3.63) is 15.7 Å². The number of fused-ring (bicyclic) bond motifs is 3. The molecular formula is C21H27ClN4O3S. The van der Waals surface area contributed by atoms with Gasteiger partial charge < -0.3 is 15.2 Å². The fourth-order valence-corrected chi connectivity index (χ4v) is 6.49. The number of morpholine rings is 1. The molecule has 1 amide bonds. The molecule has 30 heavy (non-hydrogen) atoms. The first-order valence-electron chi connectivity index (χ1n) is 10.8. The largest absolute Gasteiger partial charge is 0.474 e. The summed E-state index contributed by atoms with van der Waals surface area (Å²) < 4.78 is 11.9. The van der Waals surface area contributed by atoms with Crippen molar-refractivity contribution in [3.8, 4) is 5.88 Å². The van der Waals surface area contributed by atoms with Crippen LogP contribution in [0.25, 0.3) is 10.2 Å². The predicted octanol–water partition coefficient (Wildman–Crippen LogP) is 2.96. The summed E-state index contributed by atoms with van der Waals surface area (Å²) in [5.74, 6) is 0.198. The van der Waals surface area contributed by atoms with Gasteiger partial charge in [0.05, 0.1) is 18.6 Å². The number of amides is 1. The van der Waals surface area contributed by atoms with Crippen LogP contribution in [-0.4, -0.2) is 59.2 Å². The summed E-state index contributed by atoms with van der Waals surface area (Å²) in [4.78, 5) is 25.3. The van der Waals surface area contributed by atoms with Gasteiger partial charge in [0, 0.05) is 29.9 Å². The number of hydrogen-bond acceptors (Lipinski definition) is 7. The van der Waals surface area contributed by atoms with E-state index in [1.54, 1.807) is 11.3 Å². The first-order valence-corrected chi connectivity index (χ1v) is 12.0. The van der Waals surface area contributed by atoms with Crippen LogP contribution in [0.5, 0.6) is 5.88 Å². The van der Waals surface area contributed by atoms with Crippen LogP contribution in [0.2, 0.25) is 5.28 Å². The lowest BCUT2D eigenvalue weighted by atomic mass is 9.87. The molecule has 1 aliphatic heterocycles. The van der Waals surface area contributed by atoms with Crippen molar-refractivity contribution in [1.82, 2.24) is 14.9 Å². The summed E-state index contributed by atoms with van der Waals surface area (Å²) in [5.41, 5.74) is 6.72. The number of aryl methyl sites for hydroxylation is 1. The minimum absolute atomic E-state index is 0.127. The van der Waals surface area contributed by atoms with Crippen molar-refractivity contribution in [2.24, 2.45) is 11.7 Å². The van der Waals surface area contributed by atoms with Gasteiger partial charge in [0.25, 0.3) is 0 Å². The monoisotopic (exact) mass is 450 g/mol. The van der Waals surface area contributed by atoms with Crippen LogP contribution in [0.3, 0.4) is 0 Å². The number of ether oxygens (including phenoxy) is 2. The van der Waals surface area contributed by atoms with Crippen LogP contribution in [-0.2, 0) is 22.4 Å². The van der Waals surface area contributed by atoms with Gasteiger partial charge in [-0.1, -0.05) is 0 Å². The zero-order valence-corrected chi connectivity index (χ0v) is 18.5. The molecule has 0 bridgehead atoms. The normalized spacial score (nSPS) is 27.7. The van der Waals surface area contributed by atoms with E-state index in [2.05, 4.69) is 14.9 Å². The molecule has 1 saturated carbocycles. The minimum atomic E-state index is -0.237. The van der Waals surface area contributed by atoms with Gasteiger partial charge in [-0.05, 0) is 62.1 Å². The standard InChI is InChI=1S/C21H27ClN4O3S/c22-21-24-19(29-14-4-2-13(3-5-14)26-7-9-28-10-8-26)17-15-11-12(18(23)27)1-6-16(15)30-20(17)25-21/h12-14H,1-11H2,(H2,23,27)/t12-,13-,14-/m1/s1. The van der Waals surface area contributed by atoms with Crippen molar-refractivity contribution in [1.29, 1.82) is 0 Å². The third-order valence-corrected chi connectivity index (χ3v) is 8.09. The van der Waals surface area contributed by atoms with Crippen molar-refractivity contribution in [3.63, 3.8) is 0 Å². The molecule has 2 fully saturated rings. The Balaban J connectivity index is 1.34. The van der Waals surface area contributed by atoms with E-state index >= 15 is 0 Å². The van der Waals surface area contributed by atoms with Crippen LogP contribution < -0.4 is 10.5 Å². The Morgan fingerprint density at radius 1 is 1.17 bits per heavy atom. The second kappa shape index (κ2) is 8.57. The van der Waals surface area contributed by atoms with Gasteiger partial charge in [0.15, 0.2) is 0 Å². The van der Waals surface area contributed by atoms with E-state index in [9.17, 15) is 4.79 Å². The summed E-state index contributed by atoms with van der Waals surface area (Å²) in [6, 6.07) is 0.619. The number of nitrogens with two attached hydrogens (primary N) is 1. The smallest absolute Gasteiger partial charge is 0.227 e. The molecule has 2 aromatic rings. The summed E-state index contributed by atoms with van der Waals surface area (Å²) in [6.07, 6.45) is 6.64. The first-order chi connectivity index (χ1) is 14.6. The zero-order valence-electron chi connectivity index (χ0n) is 16.9. The van der Waals surface area contributed by atoms with Gasteiger partial charge >= 0.3 is 0 Å². The number of aromatic nitrogens is 2. The van der Waals surface area contributed by atoms with Gasteiger partial charge in [-0.2, -0.15) is 4.98 Å². The van der Waals surface area contributed by atoms with E-state index in [0.29, 0.717) is 18.3 Å². The van der Waals surface area contributed by atoms with Crippen LogP contribution in [0.4, 0.5) is 0 Å². The van der Waals surface area contributed by atoms with E-state index < -0.39 is 0 Å². The predicted molar refractivity (Wildman–Crippen MR) is 116 cm³/mol. The highest BCUT2D eigenvalue weighted by molar-refractivity contribution is 7.18. The van der Waals surface area contributed by atoms with Crippen LogP contribution in [0.1, 0.15) is 42.5 Å². The fraction of sp³-hybridized carbons (Fsp3) is 0.667. The minimum Gasteiger partial charge on any atom is -0.474 e. The van der Waals surface area contributed by atoms with E-state index in [4.69, 9.17) is 26.8 Å². The number of thiophene rings is 1. The Bertz CT molecular complexity index is 938. The molecule has 162 valence electrons. The van der Waals surface area contributed by atoms with Gasteiger partial charge in [-0.3, -0.25) is 9.69 Å². The molecule has 2 aromatic heterocycles. The highest BCUT2D eigenvalue weighted by Crippen LogP contribution is 2.42. The molecule has 3 heterocycles. The van der Waals surface area contributed by atoms with Crippen LogP contribution in [0.15, 0.2) is 0 Å². The summed E-state index contributed by atoms with van der Waals surface area (Å²) in [7, 11) is 0. The second-order valence-electron chi connectivity index (χ2n) is 8.52. The van der Waals surface area contributed by atoms with Crippen molar-refractivity contribution < 1.29 is 14.3 Å². The molecule has 0 aromatic carbocycles. The number of carbonyl (C=O) groups is 1. The molecule has 9 heteroatoms. The first kappa shape index (κ1) is 20.4. The van der Waals surface area contributed by atoms with Crippen LogP contribution >= 0.6 is 22.9 Å². The maximum absolute atomic E-state index is 11.8. The molecule has 5 rings (SSSR count). The lowest BCUT2D eigenvalue weighted by Gasteiger charge is -2.38. The van der Waals surface area contributed by atoms with Crippen molar-refractivity contribution in [2.75, 3.05) is 26.3 Å². The topological polar surface area (TPSA) is 90.6 Å². The van der Waals surface area contributed by atoms with Crippen molar-refractivity contribution >= 4 is 39.1 Å². The Labute approximate surface area is 184 Å². The molecule has 1 atom stereocenters. The van der Waals surface area contributed by atoms with Gasteiger partial charge in [-0.25, -0.2) is 4.98 Å². The Hall–Kier alpha value is -1.48. The Morgan fingerprint density at radius 3 is 2.67 bits per heavy atom. The molecule has 0 radical (unpaired) electrons. The summed E-state index contributed by atoms with van der Waals surface area (Å²) >= 11 is 7.86. The zero-order chi connectivity index (χ0) is 20.7. The SMILES string of the molecule is NC(=O)[C@@H]1CCc2sc3nc(Cl)nc(O[C@H]4CC[C@H](N5CCOCC5)CC4)c3c2C1. The molecule has 0 spiro atoms. The van der Waals surface area contributed by atoms with E-state index in [1.807, 2.05) is 0 Å².